The zero-order valence-corrected chi connectivity index (χ0v) is 34.1. The molecule has 0 spiro atoms. The van der Waals surface area contributed by atoms with E-state index in [1.54, 1.807) is 0 Å². The number of hydrogen-bond acceptors (Lipinski definition) is 7. The van der Waals surface area contributed by atoms with Gasteiger partial charge < -0.3 is 24.4 Å². The normalized spacial score (nSPS) is 12.9. The highest BCUT2D eigenvalue weighted by Crippen LogP contribution is 2.16. The number of hydrogen-bond donors (Lipinski definition) is 1. The number of alkyl carbamates (subject to hydrolysis) is 1. The highest BCUT2D eigenvalue weighted by atomic mass is 16.6. The zero-order chi connectivity index (χ0) is 37.3. The Morgan fingerprint density at radius 2 is 0.920 bits per heavy atom. The van der Waals surface area contributed by atoms with E-state index in [1.165, 1.54) is 38.5 Å². The van der Waals surface area contributed by atoms with Crippen molar-refractivity contribution in [1.29, 1.82) is 0 Å². The third-order valence-electron chi connectivity index (χ3n) is 9.11. The third-order valence-corrected chi connectivity index (χ3v) is 9.11. The van der Waals surface area contributed by atoms with Crippen molar-refractivity contribution in [3.8, 4) is 0 Å². The molecule has 0 fully saturated rings. The number of nitrogens with one attached hydrogen (secondary N) is 1. The molecule has 0 aromatic carbocycles. The van der Waals surface area contributed by atoms with Gasteiger partial charge in [0.05, 0.1) is 0 Å². The molecule has 0 aliphatic heterocycles. The second-order valence-corrected chi connectivity index (χ2v) is 15.5. The number of ether oxygens (including phenoxy) is 3. The first-order valence-corrected chi connectivity index (χ1v) is 21.1. The van der Waals surface area contributed by atoms with Crippen LogP contribution >= 0.6 is 0 Å². The van der Waals surface area contributed by atoms with Crippen LogP contribution in [0.3, 0.4) is 0 Å². The molecule has 0 aliphatic rings. The molecule has 0 rings (SSSR count). The summed E-state index contributed by atoms with van der Waals surface area (Å²) in [4.78, 5) is 39.2. The van der Waals surface area contributed by atoms with Crippen LogP contribution in [0.25, 0.3) is 0 Å². The van der Waals surface area contributed by atoms with Gasteiger partial charge in [-0.1, -0.05) is 118 Å². The minimum absolute atomic E-state index is 0.0188. The SMILES string of the molecule is CCCCC(CCC)OC(=O)CCCCCCCCN(CCCCCCCCC(=O)OC(CCC)CCCC)CCCNC(=O)OC(C)(C)C. The third kappa shape index (κ3) is 32.1. The van der Waals surface area contributed by atoms with Crippen LogP contribution in [0.2, 0.25) is 0 Å². The van der Waals surface area contributed by atoms with Crippen molar-refractivity contribution in [2.45, 2.75) is 227 Å². The van der Waals surface area contributed by atoms with Crippen LogP contribution in [-0.2, 0) is 23.8 Å². The Hall–Kier alpha value is -1.83. The van der Waals surface area contributed by atoms with Crippen LogP contribution in [0.15, 0.2) is 0 Å². The molecule has 2 atom stereocenters. The van der Waals surface area contributed by atoms with Crippen molar-refractivity contribution in [2.24, 2.45) is 0 Å². The van der Waals surface area contributed by atoms with Crippen molar-refractivity contribution in [3.63, 3.8) is 0 Å². The summed E-state index contributed by atoms with van der Waals surface area (Å²) < 4.78 is 16.9. The lowest BCUT2D eigenvalue weighted by Gasteiger charge is -2.23. The Labute approximate surface area is 309 Å². The summed E-state index contributed by atoms with van der Waals surface area (Å²) in [5.41, 5.74) is -0.485. The minimum Gasteiger partial charge on any atom is -0.462 e. The van der Waals surface area contributed by atoms with Gasteiger partial charge in [0.25, 0.3) is 0 Å². The van der Waals surface area contributed by atoms with Gasteiger partial charge in [0.2, 0.25) is 0 Å². The molecule has 2 unspecified atom stereocenters. The summed E-state index contributed by atoms with van der Waals surface area (Å²) >= 11 is 0. The van der Waals surface area contributed by atoms with Crippen molar-refractivity contribution in [3.05, 3.63) is 0 Å². The summed E-state index contributed by atoms with van der Waals surface area (Å²) in [5.74, 6) is -0.0376. The zero-order valence-electron chi connectivity index (χ0n) is 34.1. The van der Waals surface area contributed by atoms with Crippen LogP contribution in [0.1, 0.15) is 209 Å². The number of carbonyl (C=O) groups excluding carboxylic acids is 3. The highest BCUT2D eigenvalue weighted by molar-refractivity contribution is 5.69. The van der Waals surface area contributed by atoms with Gasteiger partial charge in [-0.3, -0.25) is 9.59 Å². The molecule has 0 radical (unpaired) electrons. The Bertz CT molecular complexity index is 767. The average molecular weight is 711 g/mol. The van der Waals surface area contributed by atoms with Gasteiger partial charge in [0, 0.05) is 19.4 Å². The van der Waals surface area contributed by atoms with Gasteiger partial charge in [0.15, 0.2) is 0 Å². The van der Waals surface area contributed by atoms with Crippen LogP contribution in [0.5, 0.6) is 0 Å². The molecule has 0 saturated carbocycles. The maximum atomic E-state index is 12.3. The minimum atomic E-state index is -0.485. The van der Waals surface area contributed by atoms with E-state index in [0.717, 1.165) is 129 Å². The van der Waals surface area contributed by atoms with E-state index in [4.69, 9.17) is 14.2 Å². The number of carbonyl (C=O) groups is 3. The monoisotopic (exact) mass is 711 g/mol. The van der Waals surface area contributed by atoms with E-state index in [1.807, 2.05) is 20.8 Å². The number of nitrogens with zero attached hydrogens (tertiary/aromatic N) is 1. The van der Waals surface area contributed by atoms with Crippen LogP contribution in [0.4, 0.5) is 4.79 Å². The second kappa shape index (κ2) is 33.0. The Kier molecular flexibility index (Phi) is 31.8. The molecule has 8 heteroatoms. The van der Waals surface area contributed by atoms with Crippen LogP contribution < -0.4 is 5.32 Å². The Balaban J connectivity index is 4.34. The number of esters is 2. The first kappa shape index (κ1) is 48.2. The van der Waals surface area contributed by atoms with Gasteiger partial charge >= 0.3 is 18.0 Å². The molecule has 0 aromatic heterocycles. The quantitative estimate of drug-likeness (QED) is 0.0403. The summed E-state index contributed by atoms with van der Waals surface area (Å²) in [6.07, 6.45) is 25.9. The maximum absolute atomic E-state index is 12.3. The largest absolute Gasteiger partial charge is 0.462 e. The predicted molar refractivity (Wildman–Crippen MR) is 209 cm³/mol. The van der Waals surface area contributed by atoms with Crippen LogP contribution in [-0.4, -0.2) is 66.9 Å². The molecule has 1 amide bonds. The molecule has 0 saturated heterocycles. The molecule has 1 N–H and O–H groups in total. The predicted octanol–water partition coefficient (Wildman–Crippen LogP) is 11.5. The Morgan fingerprint density at radius 3 is 1.32 bits per heavy atom. The lowest BCUT2D eigenvalue weighted by atomic mass is 10.1. The molecule has 296 valence electrons. The summed E-state index contributed by atoms with van der Waals surface area (Å²) in [6.45, 7) is 18.1. The highest BCUT2D eigenvalue weighted by Gasteiger charge is 2.16. The van der Waals surface area contributed by atoms with E-state index in [9.17, 15) is 14.4 Å². The summed E-state index contributed by atoms with van der Waals surface area (Å²) in [5, 5.41) is 2.90. The number of amides is 1. The van der Waals surface area contributed by atoms with Crippen LogP contribution in [0, 0.1) is 0 Å². The fourth-order valence-corrected chi connectivity index (χ4v) is 6.29. The van der Waals surface area contributed by atoms with Gasteiger partial charge in [-0.05, 0) is 98.2 Å². The van der Waals surface area contributed by atoms with E-state index in [-0.39, 0.29) is 30.2 Å². The second-order valence-electron chi connectivity index (χ2n) is 15.5. The van der Waals surface area contributed by atoms with Crippen molar-refractivity contribution >= 4 is 18.0 Å². The number of unbranched alkanes of at least 4 members (excludes halogenated alkanes) is 12. The first-order chi connectivity index (χ1) is 24.0. The van der Waals surface area contributed by atoms with Gasteiger partial charge in [0.1, 0.15) is 17.8 Å². The molecule has 0 aliphatic carbocycles. The standard InChI is InChI=1S/C42H82N2O6/c1-8-12-29-37(27-10-3)48-39(45)31-22-18-14-16-20-24-34-44(36-26-33-43-41(47)50-42(5,6)7)35-25-21-17-15-19-23-32-40(46)49-38(28-11-4)30-13-9-2/h37-38H,8-36H2,1-7H3,(H,43,47). The Morgan fingerprint density at radius 1 is 0.520 bits per heavy atom. The van der Waals surface area contributed by atoms with Gasteiger partial charge in [-0.25, -0.2) is 4.79 Å². The molecule has 0 heterocycles. The van der Waals surface area contributed by atoms with Crippen molar-refractivity contribution < 1.29 is 28.6 Å². The smallest absolute Gasteiger partial charge is 0.407 e. The average Bonchev–Trinajstić information content (AvgIpc) is 3.05. The van der Waals surface area contributed by atoms with Crippen molar-refractivity contribution in [1.82, 2.24) is 10.2 Å². The molecular formula is C42H82N2O6. The van der Waals surface area contributed by atoms with E-state index < -0.39 is 5.60 Å². The molecule has 0 bridgehead atoms. The van der Waals surface area contributed by atoms with E-state index in [0.29, 0.717) is 19.4 Å². The topological polar surface area (TPSA) is 94.2 Å². The van der Waals surface area contributed by atoms with E-state index >= 15 is 0 Å². The lowest BCUT2D eigenvalue weighted by molar-refractivity contribution is -0.151. The van der Waals surface area contributed by atoms with E-state index in [2.05, 4.69) is 37.9 Å². The summed E-state index contributed by atoms with van der Waals surface area (Å²) in [7, 11) is 0. The van der Waals surface area contributed by atoms with Gasteiger partial charge in [-0.15, -0.1) is 0 Å². The molecule has 8 nitrogen and oxygen atoms in total. The fraction of sp³-hybridized carbons (Fsp3) is 0.929. The lowest BCUT2D eigenvalue weighted by Crippen LogP contribution is -2.35. The van der Waals surface area contributed by atoms with Gasteiger partial charge in [-0.2, -0.15) is 0 Å². The molecule has 0 aromatic rings. The molecule has 50 heavy (non-hydrogen) atoms. The number of rotatable bonds is 34. The van der Waals surface area contributed by atoms with Crippen molar-refractivity contribution in [2.75, 3.05) is 26.2 Å². The first-order valence-electron chi connectivity index (χ1n) is 21.1. The summed E-state index contributed by atoms with van der Waals surface area (Å²) in [6, 6.07) is 0. The molecular weight excluding hydrogens is 628 g/mol. The maximum Gasteiger partial charge on any atom is 0.407 e. The fourth-order valence-electron chi connectivity index (χ4n) is 6.29.